The lowest BCUT2D eigenvalue weighted by Gasteiger charge is -2.39. The van der Waals surface area contributed by atoms with Crippen LogP contribution in [-0.2, 0) is 11.2 Å². The molecule has 0 unspecified atom stereocenters. The number of thiocarbonyl (C=S) groups is 1. The Bertz CT molecular complexity index is 1280. The maximum atomic E-state index is 12.0. The van der Waals surface area contributed by atoms with E-state index in [1.165, 1.54) is 0 Å². The van der Waals surface area contributed by atoms with Crippen LogP contribution >= 0.6 is 12.2 Å². The van der Waals surface area contributed by atoms with Gasteiger partial charge in [-0.05, 0) is 85.2 Å². The summed E-state index contributed by atoms with van der Waals surface area (Å²) < 4.78 is 27.8. The number of fused-ring (bicyclic) bond motifs is 1. The van der Waals surface area contributed by atoms with Gasteiger partial charge in [0.2, 0.25) is 0 Å². The number of anilines is 1. The van der Waals surface area contributed by atoms with E-state index < -0.39 is 0 Å². The van der Waals surface area contributed by atoms with Gasteiger partial charge in [0.25, 0.3) is 0 Å². The van der Waals surface area contributed by atoms with Crippen LogP contribution in [-0.4, -0.2) is 57.1 Å². The van der Waals surface area contributed by atoms with Gasteiger partial charge in [-0.25, -0.2) is 4.79 Å². The maximum Gasteiger partial charge on any atom is 0.338 e. The van der Waals surface area contributed by atoms with Gasteiger partial charge in [-0.2, -0.15) is 0 Å². The second-order valence-electron chi connectivity index (χ2n) is 8.58. The molecule has 1 aliphatic heterocycles. The van der Waals surface area contributed by atoms with E-state index in [0.29, 0.717) is 47.7 Å². The summed E-state index contributed by atoms with van der Waals surface area (Å²) in [7, 11) is 4.89. The molecule has 0 saturated heterocycles. The second-order valence-corrected chi connectivity index (χ2v) is 8.97. The molecule has 1 heterocycles. The fraction of sp³-hybridized carbons (Fsp3) is 0.310. The molecule has 9 heteroatoms. The van der Waals surface area contributed by atoms with Crippen LogP contribution < -0.4 is 24.3 Å². The second kappa shape index (κ2) is 12.5. The van der Waals surface area contributed by atoms with Gasteiger partial charge < -0.3 is 33.9 Å². The molecule has 1 N–H and O–H groups in total. The van der Waals surface area contributed by atoms with Crippen LogP contribution in [0.2, 0.25) is 0 Å². The first-order valence-electron chi connectivity index (χ1n) is 12.3. The minimum Gasteiger partial charge on any atom is -0.497 e. The van der Waals surface area contributed by atoms with E-state index in [0.717, 1.165) is 29.0 Å². The highest BCUT2D eigenvalue weighted by molar-refractivity contribution is 7.80. The van der Waals surface area contributed by atoms with Crippen molar-refractivity contribution in [2.45, 2.75) is 19.4 Å². The Balaban J connectivity index is 1.60. The SMILES string of the molecule is CCOC(=O)c1ccc(OC[C@H]2c3cc(OC)c(OC)cc3CCN2C(=S)Nc2cccc(OC)c2)cc1. The van der Waals surface area contributed by atoms with Crippen LogP contribution in [0.5, 0.6) is 23.0 Å². The molecule has 200 valence electrons. The predicted octanol–water partition coefficient (Wildman–Crippen LogP) is 5.26. The van der Waals surface area contributed by atoms with Crippen LogP contribution in [0.25, 0.3) is 0 Å². The number of carbonyl (C=O) groups is 1. The fourth-order valence-corrected chi connectivity index (χ4v) is 4.76. The Labute approximate surface area is 228 Å². The van der Waals surface area contributed by atoms with E-state index in [4.69, 9.17) is 35.9 Å². The van der Waals surface area contributed by atoms with Crippen molar-refractivity contribution in [1.82, 2.24) is 4.90 Å². The van der Waals surface area contributed by atoms with Crippen molar-refractivity contribution in [3.8, 4) is 23.0 Å². The maximum absolute atomic E-state index is 12.0. The first-order chi connectivity index (χ1) is 18.5. The summed E-state index contributed by atoms with van der Waals surface area (Å²) >= 11 is 5.86. The third-order valence-electron chi connectivity index (χ3n) is 6.36. The molecule has 1 aliphatic rings. The zero-order chi connectivity index (χ0) is 27.1. The van der Waals surface area contributed by atoms with E-state index in [9.17, 15) is 4.79 Å². The van der Waals surface area contributed by atoms with Gasteiger partial charge in [0.1, 0.15) is 18.1 Å². The number of nitrogens with zero attached hydrogens (tertiary/aromatic N) is 1. The number of hydrogen-bond acceptors (Lipinski definition) is 7. The quantitative estimate of drug-likeness (QED) is 0.291. The average Bonchev–Trinajstić information content (AvgIpc) is 2.95. The topological polar surface area (TPSA) is 78.5 Å². The number of carbonyl (C=O) groups excluding carboxylic acids is 1. The highest BCUT2D eigenvalue weighted by atomic mass is 32.1. The van der Waals surface area contributed by atoms with Gasteiger partial charge >= 0.3 is 5.97 Å². The molecule has 3 aromatic rings. The van der Waals surface area contributed by atoms with Crippen molar-refractivity contribution in [2.75, 3.05) is 46.4 Å². The Morgan fingerprint density at radius 3 is 2.39 bits per heavy atom. The zero-order valence-electron chi connectivity index (χ0n) is 22.0. The van der Waals surface area contributed by atoms with Crippen LogP contribution in [0, 0.1) is 0 Å². The highest BCUT2D eigenvalue weighted by Gasteiger charge is 2.31. The third-order valence-corrected chi connectivity index (χ3v) is 6.69. The molecule has 0 aliphatic carbocycles. The first kappa shape index (κ1) is 27.1. The molecule has 0 aromatic heterocycles. The molecule has 4 rings (SSSR count). The van der Waals surface area contributed by atoms with Gasteiger partial charge in [0.05, 0.1) is 39.5 Å². The van der Waals surface area contributed by atoms with Gasteiger partial charge in [-0.1, -0.05) is 6.07 Å². The molecule has 0 fully saturated rings. The van der Waals surface area contributed by atoms with Gasteiger partial charge in [0, 0.05) is 18.3 Å². The first-order valence-corrected chi connectivity index (χ1v) is 12.7. The third kappa shape index (κ3) is 6.11. The lowest BCUT2D eigenvalue weighted by molar-refractivity contribution is 0.0526. The van der Waals surface area contributed by atoms with E-state index in [1.807, 2.05) is 36.4 Å². The summed E-state index contributed by atoms with van der Waals surface area (Å²) in [5.41, 5.74) is 3.51. The summed E-state index contributed by atoms with van der Waals surface area (Å²) in [5.74, 6) is 2.35. The number of nitrogens with one attached hydrogen (secondary N) is 1. The van der Waals surface area contributed by atoms with Crippen molar-refractivity contribution in [3.63, 3.8) is 0 Å². The van der Waals surface area contributed by atoms with E-state index in [-0.39, 0.29) is 12.0 Å². The van der Waals surface area contributed by atoms with Gasteiger partial charge in [-0.15, -0.1) is 0 Å². The number of hydrogen-bond donors (Lipinski definition) is 1. The van der Waals surface area contributed by atoms with Crippen molar-refractivity contribution >= 4 is 29.0 Å². The predicted molar refractivity (Wildman–Crippen MR) is 150 cm³/mol. The Morgan fingerprint density at radius 1 is 0.974 bits per heavy atom. The van der Waals surface area contributed by atoms with Gasteiger partial charge in [0.15, 0.2) is 16.6 Å². The smallest absolute Gasteiger partial charge is 0.338 e. The average molecular weight is 537 g/mol. The molecular weight excluding hydrogens is 504 g/mol. The van der Waals surface area contributed by atoms with Crippen molar-refractivity contribution < 1.29 is 28.5 Å². The van der Waals surface area contributed by atoms with Crippen molar-refractivity contribution in [3.05, 3.63) is 77.4 Å². The lowest BCUT2D eigenvalue weighted by atomic mass is 9.92. The Hall–Kier alpha value is -3.98. The highest BCUT2D eigenvalue weighted by Crippen LogP contribution is 2.39. The zero-order valence-corrected chi connectivity index (χ0v) is 22.8. The summed E-state index contributed by atoms with van der Waals surface area (Å²) in [5, 5.41) is 3.92. The van der Waals surface area contributed by atoms with Crippen LogP contribution in [0.15, 0.2) is 60.7 Å². The van der Waals surface area contributed by atoms with Crippen LogP contribution in [0.3, 0.4) is 0 Å². The molecular formula is C29H32N2O6S. The van der Waals surface area contributed by atoms with Crippen LogP contribution in [0.4, 0.5) is 5.69 Å². The van der Waals surface area contributed by atoms with E-state index in [2.05, 4.69) is 10.2 Å². The number of benzene rings is 3. The number of rotatable bonds is 9. The van der Waals surface area contributed by atoms with Crippen molar-refractivity contribution in [2.24, 2.45) is 0 Å². The normalized spacial score (nSPS) is 14.2. The monoisotopic (exact) mass is 536 g/mol. The summed E-state index contributed by atoms with van der Waals surface area (Å²) in [6.45, 7) is 3.11. The largest absolute Gasteiger partial charge is 0.497 e. The van der Waals surface area contributed by atoms with E-state index in [1.54, 1.807) is 52.5 Å². The number of methoxy groups -OCH3 is 3. The summed E-state index contributed by atoms with van der Waals surface area (Å²) in [4.78, 5) is 14.1. The lowest BCUT2D eigenvalue weighted by Crippen LogP contribution is -2.44. The minimum absolute atomic E-state index is 0.200. The van der Waals surface area contributed by atoms with E-state index >= 15 is 0 Å². The fourth-order valence-electron chi connectivity index (χ4n) is 4.42. The standard InChI is InChI=1S/C29H32N2O6S/c1-5-36-28(32)19-9-11-22(12-10-19)37-18-25-24-17-27(35-4)26(34-3)15-20(24)13-14-31(25)29(38)30-21-7-6-8-23(16-21)33-2/h6-12,15-17,25H,5,13-14,18H2,1-4H3,(H,30,38)/t25-/m0/s1. The molecule has 0 bridgehead atoms. The molecule has 0 amide bonds. The molecule has 1 atom stereocenters. The minimum atomic E-state index is -0.360. The number of esters is 1. The molecule has 3 aromatic carbocycles. The van der Waals surface area contributed by atoms with Gasteiger partial charge in [-0.3, -0.25) is 0 Å². The Kier molecular flexibility index (Phi) is 8.91. The molecule has 0 radical (unpaired) electrons. The van der Waals surface area contributed by atoms with Crippen LogP contribution in [0.1, 0.15) is 34.5 Å². The molecule has 0 spiro atoms. The molecule has 38 heavy (non-hydrogen) atoms. The van der Waals surface area contributed by atoms with Crippen molar-refractivity contribution in [1.29, 1.82) is 0 Å². The summed E-state index contributed by atoms with van der Waals surface area (Å²) in [6, 6.07) is 18.4. The Morgan fingerprint density at radius 2 is 1.71 bits per heavy atom. The molecule has 0 saturated carbocycles. The molecule has 8 nitrogen and oxygen atoms in total. The summed E-state index contributed by atoms with van der Waals surface area (Å²) in [6.07, 6.45) is 0.778. The number of ether oxygens (including phenoxy) is 5.